The molecule has 0 saturated heterocycles. The van der Waals surface area contributed by atoms with Gasteiger partial charge in [-0.2, -0.15) is 0 Å². The average Bonchev–Trinajstić information content (AvgIpc) is 2.30. The van der Waals surface area contributed by atoms with Crippen molar-refractivity contribution in [3.8, 4) is 0 Å². The molecule has 2 rings (SSSR count). The Balaban J connectivity index is 1.75. The Labute approximate surface area is 98.6 Å². The molecule has 0 aromatic carbocycles. The largest absolute Gasteiger partial charge is 0.0631 e. The molecule has 0 radical (unpaired) electrons. The van der Waals surface area contributed by atoms with E-state index in [-0.39, 0.29) is 0 Å². The van der Waals surface area contributed by atoms with Crippen LogP contribution in [0.2, 0.25) is 6.04 Å². The van der Waals surface area contributed by atoms with E-state index < -0.39 is 0 Å². The zero-order chi connectivity index (χ0) is 10.7. The highest BCUT2D eigenvalue weighted by Crippen LogP contribution is 2.41. The van der Waals surface area contributed by atoms with Crippen molar-refractivity contribution >= 4 is 10.2 Å². The summed E-state index contributed by atoms with van der Waals surface area (Å²) >= 11 is 0. The van der Waals surface area contributed by atoms with E-state index in [9.17, 15) is 0 Å². The highest BCUT2D eigenvalue weighted by Gasteiger charge is 2.29. The molecule has 0 atom stereocenters. The molecule has 0 bridgehead atoms. The normalized spacial score (nSPS) is 43.0. The van der Waals surface area contributed by atoms with Crippen LogP contribution in [0.25, 0.3) is 0 Å². The third-order valence-corrected chi connectivity index (χ3v) is 6.35. The smallest absolute Gasteiger partial charge is 0.00314 e. The van der Waals surface area contributed by atoms with Gasteiger partial charge in [-0.25, -0.2) is 0 Å². The van der Waals surface area contributed by atoms with Crippen molar-refractivity contribution in [3.63, 3.8) is 0 Å². The maximum absolute atomic E-state index is 2.44. The van der Waals surface area contributed by atoms with Gasteiger partial charge in [-0.3, -0.25) is 0 Å². The van der Waals surface area contributed by atoms with Gasteiger partial charge in [0.15, 0.2) is 0 Å². The number of hydrogen-bond acceptors (Lipinski definition) is 0. The summed E-state index contributed by atoms with van der Waals surface area (Å²) in [5.41, 5.74) is 0. The van der Waals surface area contributed by atoms with Crippen molar-refractivity contribution in [2.45, 2.75) is 64.3 Å². The molecule has 15 heavy (non-hydrogen) atoms. The molecule has 0 heterocycles. The molecule has 2 aliphatic rings. The summed E-state index contributed by atoms with van der Waals surface area (Å²) in [5, 5.41) is 0. The van der Waals surface area contributed by atoms with Crippen LogP contribution in [0.15, 0.2) is 0 Å². The first-order chi connectivity index (χ1) is 7.29. The van der Waals surface area contributed by atoms with Gasteiger partial charge in [0, 0.05) is 10.2 Å². The second kappa shape index (κ2) is 5.52. The first kappa shape index (κ1) is 11.7. The van der Waals surface area contributed by atoms with Gasteiger partial charge in [0.1, 0.15) is 0 Å². The van der Waals surface area contributed by atoms with Gasteiger partial charge in [-0.1, -0.05) is 38.7 Å². The van der Waals surface area contributed by atoms with E-state index >= 15 is 0 Å². The van der Waals surface area contributed by atoms with Gasteiger partial charge in [-0.05, 0) is 49.4 Å². The van der Waals surface area contributed by atoms with Crippen molar-refractivity contribution in [2.75, 3.05) is 0 Å². The standard InChI is InChI=1S/C14H28Si/c1-11-2-6-13(7-3-11)14-8-4-12(10-15)5-9-14/h11-14H,2-10H2,1,15H3. The molecule has 0 spiro atoms. The summed E-state index contributed by atoms with van der Waals surface area (Å²) < 4.78 is 0. The second-order valence-corrected chi connectivity index (χ2v) is 7.03. The average molecular weight is 224 g/mol. The quantitative estimate of drug-likeness (QED) is 0.631. The third-order valence-electron chi connectivity index (χ3n) is 5.20. The highest BCUT2D eigenvalue weighted by atomic mass is 28.1. The van der Waals surface area contributed by atoms with Crippen LogP contribution in [0.1, 0.15) is 58.3 Å². The van der Waals surface area contributed by atoms with Crippen molar-refractivity contribution in [1.29, 1.82) is 0 Å². The van der Waals surface area contributed by atoms with E-state index in [4.69, 9.17) is 0 Å². The minimum absolute atomic E-state index is 1.03. The highest BCUT2D eigenvalue weighted by molar-refractivity contribution is 6.08. The van der Waals surface area contributed by atoms with Gasteiger partial charge < -0.3 is 0 Å². The monoisotopic (exact) mass is 224 g/mol. The SMILES string of the molecule is CC1CCC(C2CCC(C[SiH3])CC2)CC1. The molecule has 0 amide bonds. The zero-order valence-corrected chi connectivity index (χ0v) is 12.7. The molecule has 0 aromatic heterocycles. The van der Waals surface area contributed by atoms with Crippen LogP contribution in [0, 0.1) is 23.7 Å². The molecular formula is C14H28Si. The third kappa shape index (κ3) is 3.09. The molecular weight excluding hydrogens is 196 g/mol. The van der Waals surface area contributed by atoms with E-state index in [2.05, 4.69) is 6.92 Å². The van der Waals surface area contributed by atoms with Crippen molar-refractivity contribution in [1.82, 2.24) is 0 Å². The van der Waals surface area contributed by atoms with Crippen molar-refractivity contribution in [2.24, 2.45) is 23.7 Å². The fraction of sp³-hybridized carbons (Fsp3) is 1.00. The van der Waals surface area contributed by atoms with E-state index in [0.29, 0.717) is 0 Å². The first-order valence-electron chi connectivity index (χ1n) is 7.29. The van der Waals surface area contributed by atoms with Crippen LogP contribution in [-0.4, -0.2) is 10.2 Å². The topological polar surface area (TPSA) is 0 Å². The molecule has 88 valence electrons. The molecule has 0 nitrogen and oxygen atoms in total. The maximum Gasteiger partial charge on any atom is 0.00314 e. The van der Waals surface area contributed by atoms with Crippen LogP contribution in [0.5, 0.6) is 0 Å². The Bertz CT molecular complexity index is 174. The van der Waals surface area contributed by atoms with Gasteiger partial charge in [0.05, 0.1) is 0 Å². The molecule has 2 aliphatic carbocycles. The predicted octanol–water partition coefficient (Wildman–Crippen LogP) is 3.40. The second-order valence-electron chi connectivity index (χ2n) is 6.21. The minimum Gasteiger partial charge on any atom is -0.0631 e. The zero-order valence-electron chi connectivity index (χ0n) is 10.7. The molecule has 0 aliphatic heterocycles. The van der Waals surface area contributed by atoms with Crippen LogP contribution >= 0.6 is 0 Å². The summed E-state index contributed by atoms with van der Waals surface area (Å²) in [7, 11) is 1.43. The van der Waals surface area contributed by atoms with Gasteiger partial charge in [-0.15, -0.1) is 0 Å². The lowest BCUT2D eigenvalue weighted by Gasteiger charge is -2.37. The summed E-state index contributed by atoms with van der Waals surface area (Å²) in [6, 6.07) is 1.56. The lowest BCUT2D eigenvalue weighted by molar-refractivity contribution is 0.155. The van der Waals surface area contributed by atoms with Crippen LogP contribution in [-0.2, 0) is 0 Å². The Morgan fingerprint density at radius 3 is 1.73 bits per heavy atom. The predicted molar refractivity (Wildman–Crippen MR) is 71.3 cm³/mol. The van der Waals surface area contributed by atoms with Crippen molar-refractivity contribution < 1.29 is 0 Å². The fourth-order valence-corrected chi connectivity index (χ4v) is 4.64. The van der Waals surface area contributed by atoms with Crippen LogP contribution in [0.3, 0.4) is 0 Å². The lowest BCUT2D eigenvalue weighted by Crippen LogP contribution is -2.25. The Morgan fingerprint density at radius 2 is 1.27 bits per heavy atom. The molecule has 2 fully saturated rings. The van der Waals surface area contributed by atoms with Gasteiger partial charge in [0.2, 0.25) is 0 Å². The molecule has 0 aromatic rings. The van der Waals surface area contributed by atoms with E-state index in [1.165, 1.54) is 23.1 Å². The van der Waals surface area contributed by atoms with Crippen molar-refractivity contribution in [3.05, 3.63) is 0 Å². The van der Waals surface area contributed by atoms with Crippen LogP contribution < -0.4 is 0 Å². The Kier molecular flexibility index (Phi) is 4.30. The van der Waals surface area contributed by atoms with Gasteiger partial charge >= 0.3 is 0 Å². The lowest BCUT2D eigenvalue weighted by atomic mass is 9.70. The summed E-state index contributed by atoms with van der Waals surface area (Å²) in [6.07, 6.45) is 12.4. The van der Waals surface area contributed by atoms with Gasteiger partial charge in [0.25, 0.3) is 0 Å². The Morgan fingerprint density at radius 1 is 0.800 bits per heavy atom. The molecule has 2 saturated carbocycles. The van der Waals surface area contributed by atoms with E-state index in [1.54, 1.807) is 44.6 Å². The maximum atomic E-state index is 2.44. The van der Waals surface area contributed by atoms with Crippen LogP contribution in [0.4, 0.5) is 0 Å². The number of hydrogen-bond donors (Lipinski definition) is 0. The number of rotatable bonds is 2. The molecule has 0 unspecified atom stereocenters. The minimum atomic E-state index is 1.03. The van der Waals surface area contributed by atoms with E-state index in [1.807, 2.05) is 0 Å². The Hall–Kier alpha value is 0.217. The summed E-state index contributed by atoms with van der Waals surface area (Å²) in [4.78, 5) is 0. The molecule has 0 N–H and O–H groups in total. The molecule has 1 heteroatoms. The fourth-order valence-electron chi connectivity index (χ4n) is 3.83. The summed E-state index contributed by atoms with van der Waals surface area (Å²) in [6.45, 7) is 2.44. The summed E-state index contributed by atoms with van der Waals surface area (Å²) in [5.74, 6) is 4.41. The first-order valence-corrected chi connectivity index (χ1v) is 8.71. The van der Waals surface area contributed by atoms with E-state index in [0.717, 1.165) is 23.7 Å².